The predicted octanol–water partition coefficient (Wildman–Crippen LogP) is 8.53. The van der Waals surface area contributed by atoms with Crippen LogP contribution in [0, 0.1) is 5.41 Å². The Bertz CT molecular complexity index is 1150. The lowest BCUT2D eigenvalue weighted by Gasteiger charge is -2.32. The summed E-state index contributed by atoms with van der Waals surface area (Å²) in [4.78, 5) is 4.09. The van der Waals surface area contributed by atoms with Crippen molar-refractivity contribution in [3.63, 3.8) is 0 Å². The van der Waals surface area contributed by atoms with Gasteiger partial charge < -0.3 is 14.5 Å². The van der Waals surface area contributed by atoms with Gasteiger partial charge in [-0.1, -0.05) is 103 Å². The van der Waals surface area contributed by atoms with Gasteiger partial charge in [0, 0.05) is 19.3 Å². The number of unbranched alkanes of at least 4 members (excludes halogenated alkanes) is 1. The third-order valence-electron chi connectivity index (χ3n) is 6.93. The zero-order valence-corrected chi connectivity index (χ0v) is 24.8. The molecular weight excluding hydrogens is 466 g/mol. The molecule has 0 saturated heterocycles. The normalized spacial score (nSPS) is 11.8. The number of ether oxygens (including phenoxy) is 1. The number of benzene rings is 3. The largest absolute Gasteiger partial charge is 0.494 e. The van der Waals surface area contributed by atoms with Crippen LogP contribution in [0.2, 0.25) is 0 Å². The molecule has 0 saturated carbocycles. The fourth-order valence-corrected chi connectivity index (χ4v) is 4.30. The van der Waals surface area contributed by atoms with Crippen LogP contribution >= 0.6 is 0 Å². The molecule has 0 fully saturated rings. The second kappa shape index (κ2) is 12.5. The van der Waals surface area contributed by atoms with Crippen molar-refractivity contribution in [1.29, 1.82) is 5.41 Å². The lowest BCUT2D eigenvalue weighted by Crippen LogP contribution is -2.41. The Morgan fingerprint density at radius 1 is 0.711 bits per heavy atom. The summed E-state index contributed by atoms with van der Waals surface area (Å²) < 4.78 is 5.88. The first-order valence-electron chi connectivity index (χ1n) is 13.9. The minimum absolute atomic E-state index is 0.112. The van der Waals surface area contributed by atoms with E-state index < -0.39 is 0 Å². The third-order valence-corrected chi connectivity index (χ3v) is 6.93. The Morgan fingerprint density at radius 2 is 1.18 bits per heavy atom. The number of hydrogen-bond donors (Lipinski definition) is 1. The van der Waals surface area contributed by atoms with Crippen LogP contribution in [0.5, 0.6) is 5.75 Å². The Kier molecular flexibility index (Phi) is 9.65. The summed E-state index contributed by atoms with van der Waals surface area (Å²) in [5.41, 5.74) is 6.22. The van der Waals surface area contributed by atoms with Gasteiger partial charge in [-0.2, -0.15) is 0 Å². The van der Waals surface area contributed by atoms with Gasteiger partial charge in [0.05, 0.1) is 13.2 Å². The highest BCUT2D eigenvalue weighted by Crippen LogP contribution is 2.26. The molecule has 0 heterocycles. The van der Waals surface area contributed by atoms with Gasteiger partial charge in [0.25, 0.3) is 0 Å². The predicted molar refractivity (Wildman–Crippen MR) is 163 cm³/mol. The summed E-state index contributed by atoms with van der Waals surface area (Å²) in [6.45, 7) is 17.6. The van der Waals surface area contributed by atoms with Crippen molar-refractivity contribution in [2.75, 3.05) is 18.6 Å². The van der Waals surface area contributed by atoms with Gasteiger partial charge in [0.1, 0.15) is 5.75 Å². The second-order valence-electron chi connectivity index (χ2n) is 12.4. The van der Waals surface area contributed by atoms with Gasteiger partial charge in [-0.15, -0.1) is 0 Å². The van der Waals surface area contributed by atoms with Crippen molar-refractivity contribution in [3.05, 3.63) is 95.1 Å². The molecule has 0 aromatic heterocycles. The SMILES string of the molecule is CCCCOc1ccc(N(Cc2ccc(C(C)(C)C)cc2)C(=N)N(C)Cc2ccc(C(C)(C)C)cc2)cc1. The molecule has 0 aliphatic rings. The number of hydrogen-bond acceptors (Lipinski definition) is 2. The van der Waals surface area contributed by atoms with Crippen LogP contribution in [-0.2, 0) is 23.9 Å². The molecule has 0 spiro atoms. The summed E-state index contributed by atoms with van der Waals surface area (Å²) in [5, 5.41) is 9.18. The second-order valence-corrected chi connectivity index (χ2v) is 12.4. The Balaban J connectivity index is 1.82. The maximum atomic E-state index is 9.18. The average molecular weight is 514 g/mol. The number of guanidine groups is 1. The van der Waals surface area contributed by atoms with Crippen molar-refractivity contribution < 1.29 is 4.74 Å². The van der Waals surface area contributed by atoms with Gasteiger partial charge in [0.15, 0.2) is 5.96 Å². The molecule has 0 radical (unpaired) electrons. The number of nitrogens with one attached hydrogen (secondary N) is 1. The van der Waals surface area contributed by atoms with E-state index in [1.807, 2.05) is 24.1 Å². The first-order chi connectivity index (χ1) is 17.9. The van der Waals surface area contributed by atoms with Crippen molar-refractivity contribution in [1.82, 2.24) is 4.90 Å². The van der Waals surface area contributed by atoms with E-state index in [-0.39, 0.29) is 10.8 Å². The van der Waals surface area contributed by atoms with Gasteiger partial charge >= 0.3 is 0 Å². The van der Waals surface area contributed by atoms with Crippen LogP contribution in [0.1, 0.15) is 83.6 Å². The molecule has 4 nitrogen and oxygen atoms in total. The molecule has 0 aliphatic carbocycles. The fourth-order valence-electron chi connectivity index (χ4n) is 4.30. The van der Waals surface area contributed by atoms with Crippen LogP contribution in [-0.4, -0.2) is 24.5 Å². The molecule has 4 heteroatoms. The first-order valence-corrected chi connectivity index (χ1v) is 13.9. The molecule has 0 amide bonds. The van der Waals surface area contributed by atoms with E-state index in [0.717, 1.165) is 30.9 Å². The zero-order valence-electron chi connectivity index (χ0n) is 24.8. The quantitative estimate of drug-likeness (QED) is 0.177. The van der Waals surface area contributed by atoms with Crippen LogP contribution in [0.4, 0.5) is 5.69 Å². The average Bonchev–Trinajstić information content (AvgIpc) is 2.87. The van der Waals surface area contributed by atoms with Crippen LogP contribution in [0.25, 0.3) is 0 Å². The molecule has 3 aromatic rings. The number of nitrogens with zero attached hydrogens (tertiary/aromatic N) is 2. The van der Waals surface area contributed by atoms with E-state index in [0.29, 0.717) is 19.0 Å². The fraction of sp³-hybridized carbons (Fsp3) is 0.441. The summed E-state index contributed by atoms with van der Waals surface area (Å²) in [7, 11) is 2.00. The van der Waals surface area contributed by atoms with Crippen LogP contribution in [0.15, 0.2) is 72.8 Å². The van der Waals surface area contributed by atoms with E-state index in [9.17, 15) is 5.41 Å². The van der Waals surface area contributed by atoms with Crippen molar-refractivity contribution in [2.24, 2.45) is 0 Å². The zero-order chi connectivity index (χ0) is 27.9. The van der Waals surface area contributed by atoms with Gasteiger partial charge in [-0.25, -0.2) is 0 Å². The minimum Gasteiger partial charge on any atom is -0.494 e. The Morgan fingerprint density at radius 3 is 1.63 bits per heavy atom. The molecule has 3 aromatic carbocycles. The Hall–Kier alpha value is -3.27. The number of rotatable bonds is 9. The Labute approximate surface area is 231 Å². The van der Waals surface area contributed by atoms with Gasteiger partial charge in [-0.05, 0) is 63.8 Å². The van der Waals surface area contributed by atoms with Gasteiger partial charge in [-0.3, -0.25) is 5.41 Å². The highest BCUT2D eigenvalue weighted by molar-refractivity contribution is 5.93. The monoisotopic (exact) mass is 513 g/mol. The summed E-state index contributed by atoms with van der Waals surface area (Å²) in [6, 6.07) is 25.7. The molecule has 0 aliphatic heterocycles. The molecule has 0 unspecified atom stereocenters. The first kappa shape index (κ1) is 29.3. The van der Waals surface area contributed by atoms with E-state index in [1.165, 1.54) is 22.3 Å². The summed E-state index contributed by atoms with van der Waals surface area (Å²) in [5.74, 6) is 1.33. The highest BCUT2D eigenvalue weighted by Gasteiger charge is 2.19. The van der Waals surface area contributed by atoms with E-state index >= 15 is 0 Å². The maximum Gasteiger partial charge on any atom is 0.198 e. The molecule has 38 heavy (non-hydrogen) atoms. The summed E-state index contributed by atoms with van der Waals surface area (Å²) >= 11 is 0. The molecule has 3 rings (SSSR count). The highest BCUT2D eigenvalue weighted by atomic mass is 16.5. The molecule has 0 atom stereocenters. The van der Waals surface area contributed by atoms with E-state index in [4.69, 9.17) is 4.74 Å². The van der Waals surface area contributed by atoms with Crippen LogP contribution < -0.4 is 9.64 Å². The topological polar surface area (TPSA) is 39.6 Å². The lowest BCUT2D eigenvalue weighted by atomic mass is 9.87. The molecule has 204 valence electrons. The standard InChI is InChI=1S/C34H47N3O/c1-9-10-23-38-31-21-19-30(20-22-31)37(25-27-13-17-29(18-14-27)34(5,6)7)32(35)36(8)24-26-11-15-28(16-12-26)33(2,3)4/h11-22,35H,9-10,23-25H2,1-8H3. The molecule has 0 bridgehead atoms. The van der Waals surface area contributed by atoms with Crippen molar-refractivity contribution >= 4 is 11.6 Å². The third kappa shape index (κ3) is 8.11. The number of anilines is 1. The summed E-state index contributed by atoms with van der Waals surface area (Å²) in [6.07, 6.45) is 2.16. The van der Waals surface area contributed by atoms with Crippen molar-refractivity contribution in [3.8, 4) is 5.75 Å². The smallest absolute Gasteiger partial charge is 0.198 e. The minimum atomic E-state index is 0.112. The van der Waals surface area contributed by atoms with E-state index in [2.05, 4.69) is 114 Å². The van der Waals surface area contributed by atoms with Crippen molar-refractivity contribution in [2.45, 2.75) is 85.2 Å². The maximum absolute atomic E-state index is 9.18. The molecule has 1 N–H and O–H groups in total. The lowest BCUT2D eigenvalue weighted by molar-refractivity contribution is 0.309. The van der Waals surface area contributed by atoms with Gasteiger partial charge in [0.2, 0.25) is 0 Å². The van der Waals surface area contributed by atoms with E-state index in [1.54, 1.807) is 0 Å². The molecular formula is C34H47N3O. The van der Waals surface area contributed by atoms with Crippen LogP contribution in [0.3, 0.4) is 0 Å².